The maximum absolute atomic E-state index is 6.39. The Hall–Kier alpha value is -1.82. The second-order valence-corrected chi connectivity index (χ2v) is 10.1. The molecule has 4 nitrogen and oxygen atoms in total. The summed E-state index contributed by atoms with van der Waals surface area (Å²) < 4.78 is 23.9. The lowest BCUT2D eigenvalue weighted by atomic mass is 9.74. The number of hydrogen-bond acceptors (Lipinski definition) is 4. The summed E-state index contributed by atoms with van der Waals surface area (Å²) in [5.41, 5.74) is 3.70. The summed E-state index contributed by atoms with van der Waals surface area (Å²) in [6, 6.07) is 14.8. The molecule has 1 fully saturated rings. The van der Waals surface area contributed by atoms with Crippen LogP contribution in [0.4, 0.5) is 0 Å². The van der Waals surface area contributed by atoms with Crippen molar-refractivity contribution in [2.24, 2.45) is 0 Å². The lowest BCUT2D eigenvalue weighted by Gasteiger charge is -2.32. The second-order valence-electron chi connectivity index (χ2n) is 10.1. The van der Waals surface area contributed by atoms with Crippen molar-refractivity contribution in [1.82, 2.24) is 0 Å². The molecule has 2 aromatic rings. The Morgan fingerprint density at radius 2 is 1.48 bits per heavy atom. The molecule has 0 bridgehead atoms. The molecule has 0 unspecified atom stereocenters. The first-order valence-electron chi connectivity index (χ1n) is 12.5. The van der Waals surface area contributed by atoms with Crippen molar-refractivity contribution >= 4 is 12.6 Å². The van der Waals surface area contributed by atoms with Crippen molar-refractivity contribution in [3.8, 4) is 16.9 Å². The van der Waals surface area contributed by atoms with Crippen LogP contribution in [0.5, 0.6) is 5.75 Å². The highest BCUT2D eigenvalue weighted by Gasteiger charge is 2.52. The SMILES string of the molecule is CCCCCCCCc1ccc(OCOC)c(-c2ccccc2B2OC(C)(C)C(C)(C)O2)c1. The topological polar surface area (TPSA) is 36.9 Å². The van der Waals surface area contributed by atoms with Crippen LogP contribution in [0.1, 0.15) is 78.7 Å². The summed E-state index contributed by atoms with van der Waals surface area (Å²) in [5.74, 6) is 0.813. The summed E-state index contributed by atoms with van der Waals surface area (Å²) in [6.45, 7) is 10.8. The highest BCUT2D eigenvalue weighted by molar-refractivity contribution is 6.63. The van der Waals surface area contributed by atoms with Gasteiger partial charge in [0.1, 0.15) is 5.75 Å². The molecule has 5 heteroatoms. The van der Waals surface area contributed by atoms with Crippen molar-refractivity contribution in [2.45, 2.75) is 90.8 Å². The zero-order chi connectivity index (χ0) is 23.9. The summed E-state index contributed by atoms with van der Waals surface area (Å²) >= 11 is 0. The van der Waals surface area contributed by atoms with E-state index in [9.17, 15) is 0 Å². The van der Waals surface area contributed by atoms with E-state index in [-0.39, 0.29) is 18.0 Å². The minimum Gasteiger partial charge on any atom is -0.467 e. The maximum Gasteiger partial charge on any atom is 0.495 e. The molecule has 0 aliphatic carbocycles. The predicted molar refractivity (Wildman–Crippen MR) is 137 cm³/mol. The van der Waals surface area contributed by atoms with Crippen LogP contribution in [-0.2, 0) is 20.5 Å². The van der Waals surface area contributed by atoms with Crippen LogP contribution in [0.2, 0.25) is 0 Å². The lowest BCUT2D eigenvalue weighted by molar-refractivity contribution is 0.00578. The zero-order valence-corrected chi connectivity index (χ0v) is 21.4. The Morgan fingerprint density at radius 1 is 0.818 bits per heavy atom. The van der Waals surface area contributed by atoms with Gasteiger partial charge in [-0.25, -0.2) is 0 Å². The predicted octanol–water partition coefficient (Wildman–Crippen LogP) is 6.54. The van der Waals surface area contributed by atoms with E-state index in [1.54, 1.807) is 7.11 Å². The smallest absolute Gasteiger partial charge is 0.467 e. The fourth-order valence-corrected chi connectivity index (χ4v) is 4.22. The molecule has 180 valence electrons. The standard InChI is InChI=1S/C28H41BO4/c1-7-8-9-10-11-12-15-22-18-19-26(31-21-30-6)24(20-22)23-16-13-14-17-25(23)29-32-27(2,3)28(4,5)33-29/h13-14,16-20H,7-12,15,21H2,1-6H3. The van der Waals surface area contributed by atoms with Gasteiger partial charge in [-0.1, -0.05) is 69.4 Å². The van der Waals surface area contributed by atoms with Crippen LogP contribution in [0, 0.1) is 0 Å². The van der Waals surface area contributed by atoms with Gasteiger partial charge in [0.2, 0.25) is 0 Å². The van der Waals surface area contributed by atoms with Crippen molar-refractivity contribution in [2.75, 3.05) is 13.9 Å². The van der Waals surface area contributed by atoms with Crippen LogP contribution in [0.3, 0.4) is 0 Å². The van der Waals surface area contributed by atoms with Crippen molar-refractivity contribution in [3.63, 3.8) is 0 Å². The number of rotatable bonds is 12. The van der Waals surface area contributed by atoms with Gasteiger partial charge >= 0.3 is 7.12 Å². The van der Waals surface area contributed by atoms with Gasteiger partial charge in [0.25, 0.3) is 0 Å². The van der Waals surface area contributed by atoms with E-state index in [1.807, 2.05) is 6.07 Å². The molecule has 2 aromatic carbocycles. The largest absolute Gasteiger partial charge is 0.495 e. The van der Waals surface area contributed by atoms with Crippen molar-refractivity contribution in [3.05, 3.63) is 48.0 Å². The van der Waals surface area contributed by atoms with Crippen LogP contribution >= 0.6 is 0 Å². The Kier molecular flexibility index (Phi) is 9.03. The summed E-state index contributed by atoms with van der Waals surface area (Å²) in [5, 5.41) is 0. The molecule has 0 spiro atoms. The third-order valence-corrected chi connectivity index (χ3v) is 6.95. The molecule has 33 heavy (non-hydrogen) atoms. The molecule has 0 saturated carbocycles. The molecule has 0 atom stereocenters. The quantitative estimate of drug-likeness (QED) is 0.208. The van der Waals surface area contributed by atoms with Crippen LogP contribution in [0.15, 0.2) is 42.5 Å². The first kappa shape index (κ1) is 25.8. The Balaban J connectivity index is 1.87. The Bertz CT molecular complexity index is 877. The van der Waals surface area contributed by atoms with Gasteiger partial charge in [0.05, 0.1) is 11.2 Å². The van der Waals surface area contributed by atoms with E-state index in [4.69, 9.17) is 18.8 Å². The average Bonchev–Trinajstić information content (AvgIpc) is 3.01. The highest BCUT2D eigenvalue weighted by atomic mass is 16.7. The second kappa shape index (κ2) is 11.5. The van der Waals surface area contributed by atoms with Gasteiger partial charge in [-0.2, -0.15) is 0 Å². The molecule has 0 radical (unpaired) electrons. The number of aryl methyl sites for hydroxylation is 1. The van der Waals surface area contributed by atoms with Crippen LogP contribution in [0.25, 0.3) is 11.1 Å². The first-order chi connectivity index (χ1) is 15.8. The molecular weight excluding hydrogens is 411 g/mol. The number of methoxy groups -OCH3 is 1. The van der Waals surface area contributed by atoms with Gasteiger partial charge in [-0.15, -0.1) is 0 Å². The fourth-order valence-electron chi connectivity index (χ4n) is 4.22. The van der Waals surface area contributed by atoms with E-state index >= 15 is 0 Å². The minimum atomic E-state index is -0.427. The van der Waals surface area contributed by atoms with Gasteiger partial charge in [0, 0.05) is 12.7 Å². The zero-order valence-electron chi connectivity index (χ0n) is 21.4. The normalized spacial score (nSPS) is 16.8. The summed E-state index contributed by atoms with van der Waals surface area (Å²) in [6.07, 6.45) is 8.85. The molecule has 0 N–H and O–H groups in total. The lowest BCUT2D eigenvalue weighted by Crippen LogP contribution is -2.41. The Morgan fingerprint density at radius 3 is 2.18 bits per heavy atom. The number of ether oxygens (including phenoxy) is 2. The number of benzene rings is 2. The molecule has 1 saturated heterocycles. The van der Waals surface area contributed by atoms with Gasteiger partial charge in [-0.3, -0.25) is 0 Å². The van der Waals surface area contributed by atoms with E-state index in [1.165, 1.54) is 44.1 Å². The monoisotopic (exact) mass is 452 g/mol. The summed E-state index contributed by atoms with van der Waals surface area (Å²) in [4.78, 5) is 0. The molecule has 1 aliphatic rings. The van der Waals surface area contributed by atoms with Crippen LogP contribution < -0.4 is 10.2 Å². The number of hydrogen-bond donors (Lipinski definition) is 0. The molecule has 0 amide bonds. The maximum atomic E-state index is 6.39. The molecule has 0 aromatic heterocycles. The van der Waals surface area contributed by atoms with Crippen LogP contribution in [-0.4, -0.2) is 32.2 Å². The third-order valence-electron chi connectivity index (χ3n) is 6.95. The van der Waals surface area contributed by atoms with Crippen molar-refractivity contribution < 1.29 is 18.8 Å². The van der Waals surface area contributed by atoms with E-state index in [0.29, 0.717) is 0 Å². The molecule has 3 rings (SSSR count). The summed E-state index contributed by atoms with van der Waals surface area (Å²) in [7, 11) is 1.22. The minimum absolute atomic E-state index is 0.211. The van der Waals surface area contributed by atoms with Gasteiger partial charge in [0.15, 0.2) is 6.79 Å². The highest BCUT2D eigenvalue weighted by Crippen LogP contribution is 2.38. The van der Waals surface area contributed by atoms with Gasteiger partial charge < -0.3 is 18.8 Å². The third kappa shape index (κ3) is 6.41. The average molecular weight is 452 g/mol. The molecule has 1 heterocycles. The fraction of sp³-hybridized carbons (Fsp3) is 0.571. The van der Waals surface area contributed by atoms with Crippen molar-refractivity contribution in [1.29, 1.82) is 0 Å². The van der Waals surface area contributed by atoms with E-state index in [0.717, 1.165) is 28.8 Å². The first-order valence-corrected chi connectivity index (χ1v) is 12.5. The van der Waals surface area contributed by atoms with E-state index in [2.05, 4.69) is 71.0 Å². The van der Waals surface area contributed by atoms with Gasteiger partial charge in [-0.05, 0) is 69.3 Å². The molecular formula is C28H41BO4. The number of unbranched alkanes of at least 4 members (excludes halogenated alkanes) is 5. The Labute approximate surface area is 201 Å². The molecule has 1 aliphatic heterocycles. The van der Waals surface area contributed by atoms with E-state index < -0.39 is 7.12 Å².